The molecule has 0 aliphatic heterocycles. The van der Waals surface area contributed by atoms with E-state index in [9.17, 15) is 4.79 Å². The highest BCUT2D eigenvalue weighted by molar-refractivity contribution is 7.09. The van der Waals surface area contributed by atoms with Gasteiger partial charge in [0.1, 0.15) is 0 Å². The number of anilines is 1. The van der Waals surface area contributed by atoms with E-state index in [1.54, 1.807) is 11.3 Å². The quantitative estimate of drug-likeness (QED) is 0.867. The summed E-state index contributed by atoms with van der Waals surface area (Å²) in [6, 6.07) is 12.1. The molecule has 0 saturated carbocycles. The van der Waals surface area contributed by atoms with E-state index < -0.39 is 0 Å². The van der Waals surface area contributed by atoms with Crippen molar-refractivity contribution < 1.29 is 4.79 Å². The van der Waals surface area contributed by atoms with Crippen molar-refractivity contribution in [3.05, 3.63) is 52.2 Å². The van der Waals surface area contributed by atoms with E-state index in [0.717, 1.165) is 24.3 Å². The van der Waals surface area contributed by atoms with Gasteiger partial charge >= 0.3 is 0 Å². The van der Waals surface area contributed by atoms with Crippen LogP contribution in [0.4, 0.5) is 5.69 Å². The molecule has 0 saturated heterocycles. The molecule has 0 atom stereocenters. The molecule has 0 aliphatic carbocycles. The summed E-state index contributed by atoms with van der Waals surface area (Å²) in [6.07, 6.45) is 0. The summed E-state index contributed by atoms with van der Waals surface area (Å²) in [5.41, 5.74) is 2.01. The van der Waals surface area contributed by atoms with Gasteiger partial charge in [-0.2, -0.15) is 0 Å². The summed E-state index contributed by atoms with van der Waals surface area (Å²) in [4.78, 5) is 12.3. The third-order valence-corrected chi connectivity index (χ3v) is 3.33. The molecule has 2 N–H and O–H groups in total. The minimum absolute atomic E-state index is 0.0429. The molecule has 0 aliphatic rings. The summed E-state index contributed by atoms with van der Waals surface area (Å²) < 4.78 is 0. The number of carbonyl (C=O) groups excluding carboxylic acids is 1. The molecule has 0 radical (unpaired) electrons. The molecule has 18 heavy (non-hydrogen) atoms. The van der Waals surface area contributed by atoms with E-state index in [1.807, 2.05) is 24.3 Å². The second-order valence-corrected chi connectivity index (χ2v) is 5.10. The number of nitrogens with one attached hydrogen (secondary N) is 2. The zero-order valence-electron chi connectivity index (χ0n) is 10.3. The molecule has 0 spiro atoms. The topological polar surface area (TPSA) is 41.1 Å². The third kappa shape index (κ3) is 3.98. The molecule has 2 rings (SSSR count). The third-order valence-electron chi connectivity index (χ3n) is 2.46. The Balaban J connectivity index is 1.87. The van der Waals surface area contributed by atoms with Crippen molar-refractivity contribution in [3.8, 4) is 0 Å². The maximum absolute atomic E-state index is 11.0. The Morgan fingerprint density at radius 3 is 2.83 bits per heavy atom. The first-order valence-corrected chi connectivity index (χ1v) is 6.71. The van der Waals surface area contributed by atoms with Crippen LogP contribution in [0.2, 0.25) is 0 Å². The summed E-state index contributed by atoms with van der Waals surface area (Å²) in [5, 5.41) is 8.24. The first kappa shape index (κ1) is 12.8. The summed E-state index contributed by atoms with van der Waals surface area (Å²) in [5.74, 6) is -0.0429. The van der Waals surface area contributed by atoms with Gasteiger partial charge in [-0.15, -0.1) is 11.3 Å². The van der Waals surface area contributed by atoms with E-state index >= 15 is 0 Å². The van der Waals surface area contributed by atoms with E-state index in [1.165, 1.54) is 11.8 Å². The average Bonchev–Trinajstić information content (AvgIpc) is 2.82. The largest absolute Gasteiger partial charge is 0.326 e. The standard InChI is InChI=1S/C14H16N2OS/c1-11(17)16-13-5-2-4-12(8-13)9-15-10-14-6-3-7-18-14/h2-8,15H,9-10H2,1H3,(H,16,17). The van der Waals surface area contributed by atoms with Crippen molar-refractivity contribution >= 4 is 22.9 Å². The molecular formula is C14H16N2OS. The minimum atomic E-state index is -0.0429. The Kier molecular flexibility index (Phi) is 4.50. The van der Waals surface area contributed by atoms with Gasteiger partial charge < -0.3 is 10.6 Å². The maximum Gasteiger partial charge on any atom is 0.221 e. The number of hydrogen-bond donors (Lipinski definition) is 2. The highest BCUT2D eigenvalue weighted by Gasteiger charge is 1.98. The van der Waals surface area contributed by atoms with E-state index in [-0.39, 0.29) is 5.91 Å². The summed E-state index contributed by atoms with van der Waals surface area (Å²) >= 11 is 1.75. The predicted octanol–water partition coefficient (Wildman–Crippen LogP) is 3.00. The lowest BCUT2D eigenvalue weighted by Gasteiger charge is -2.06. The molecule has 1 aromatic heterocycles. The monoisotopic (exact) mass is 260 g/mol. The number of benzene rings is 1. The predicted molar refractivity (Wildman–Crippen MR) is 75.6 cm³/mol. The average molecular weight is 260 g/mol. The van der Waals surface area contributed by atoms with Crippen LogP contribution in [0.5, 0.6) is 0 Å². The van der Waals surface area contributed by atoms with Crippen LogP contribution >= 0.6 is 11.3 Å². The Morgan fingerprint density at radius 2 is 2.11 bits per heavy atom. The van der Waals surface area contributed by atoms with Crippen LogP contribution in [0.25, 0.3) is 0 Å². The highest BCUT2D eigenvalue weighted by Crippen LogP contribution is 2.11. The Bertz CT molecular complexity index is 508. The fourth-order valence-electron chi connectivity index (χ4n) is 1.71. The highest BCUT2D eigenvalue weighted by atomic mass is 32.1. The molecule has 94 valence electrons. The van der Waals surface area contributed by atoms with Gasteiger partial charge in [-0.25, -0.2) is 0 Å². The van der Waals surface area contributed by atoms with Gasteiger partial charge in [-0.1, -0.05) is 18.2 Å². The fourth-order valence-corrected chi connectivity index (χ4v) is 2.38. The van der Waals surface area contributed by atoms with Crippen molar-refractivity contribution in [2.24, 2.45) is 0 Å². The normalized spacial score (nSPS) is 10.3. The number of rotatable bonds is 5. The van der Waals surface area contributed by atoms with Crippen LogP contribution in [0.1, 0.15) is 17.4 Å². The van der Waals surface area contributed by atoms with Crippen LogP contribution < -0.4 is 10.6 Å². The van der Waals surface area contributed by atoms with Crippen molar-refractivity contribution in [1.29, 1.82) is 0 Å². The summed E-state index contributed by atoms with van der Waals surface area (Å²) in [7, 11) is 0. The molecule has 1 aromatic carbocycles. The first-order chi connectivity index (χ1) is 8.74. The zero-order valence-corrected chi connectivity index (χ0v) is 11.1. The molecule has 1 amide bonds. The second-order valence-electron chi connectivity index (χ2n) is 4.06. The van der Waals surface area contributed by atoms with Gasteiger partial charge in [-0.3, -0.25) is 4.79 Å². The zero-order chi connectivity index (χ0) is 12.8. The van der Waals surface area contributed by atoms with Gasteiger partial charge in [0.15, 0.2) is 0 Å². The summed E-state index contributed by atoms with van der Waals surface area (Å²) in [6.45, 7) is 3.19. The van der Waals surface area contributed by atoms with Crippen LogP contribution in [-0.2, 0) is 17.9 Å². The number of thiophene rings is 1. The fraction of sp³-hybridized carbons (Fsp3) is 0.214. The van der Waals surface area contributed by atoms with E-state index in [4.69, 9.17) is 0 Å². The van der Waals surface area contributed by atoms with Crippen LogP contribution in [-0.4, -0.2) is 5.91 Å². The van der Waals surface area contributed by atoms with Crippen molar-refractivity contribution in [2.75, 3.05) is 5.32 Å². The molecule has 0 bridgehead atoms. The van der Waals surface area contributed by atoms with E-state index in [2.05, 4.69) is 28.1 Å². The maximum atomic E-state index is 11.0. The second kappa shape index (κ2) is 6.33. The van der Waals surface area contributed by atoms with Gasteiger partial charge in [0.05, 0.1) is 0 Å². The number of hydrogen-bond acceptors (Lipinski definition) is 3. The van der Waals surface area contributed by atoms with Gasteiger partial charge in [0, 0.05) is 30.6 Å². The van der Waals surface area contributed by atoms with Crippen LogP contribution in [0.15, 0.2) is 41.8 Å². The molecule has 0 unspecified atom stereocenters. The van der Waals surface area contributed by atoms with Gasteiger partial charge in [0.25, 0.3) is 0 Å². The van der Waals surface area contributed by atoms with Crippen molar-refractivity contribution in [2.45, 2.75) is 20.0 Å². The Morgan fingerprint density at radius 1 is 1.22 bits per heavy atom. The van der Waals surface area contributed by atoms with Crippen LogP contribution in [0, 0.1) is 0 Å². The van der Waals surface area contributed by atoms with Gasteiger partial charge in [0.2, 0.25) is 5.91 Å². The smallest absolute Gasteiger partial charge is 0.221 e. The molecule has 3 nitrogen and oxygen atoms in total. The van der Waals surface area contributed by atoms with Crippen LogP contribution in [0.3, 0.4) is 0 Å². The lowest BCUT2D eigenvalue weighted by molar-refractivity contribution is -0.114. The minimum Gasteiger partial charge on any atom is -0.326 e. The molecule has 2 aromatic rings. The molecule has 4 heteroatoms. The van der Waals surface area contributed by atoms with Gasteiger partial charge in [-0.05, 0) is 29.1 Å². The Hall–Kier alpha value is -1.65. The number of carbonyl (C=O) groups is 1. The first-order valence-electron chi connectivity index (χ1n) is 5.83. The molecular weight excluding hydrogens is 244 g/mol. The lowest BCUT2D eigenvalue weighted by Crippen LogP contribution is -2.12. The SMILES string of the molecule is CC(=O)Nc1cccc(CNCc2cccs2)c1. The van der Waals surface area contributed by atoms with E-state index in [0.29, 0.717) is 0 Å². The Labute approximate surface area is 111 Å². The molecule has 1 heterocycles. The number of amides is 1. The lowest BCUT2D eigenvalue weighted by atomic mass is 10.2. The van der Waals surface area contributed by atoms with Crippen molar-refractivity contribution in [3.63, 3.8) is 0 Å². The van der Waals surface area contributed by atoms with Crippen molar-refractivity contribution in [1.82, 2.24) is 5.32 Å². The molecule has 0 fully saturated rings.